The maximum Gasteiger partial charge on any atom is 0.0708 e. The summed E-state index contributed by atoms with van der Waals surface area (Å²) in [5, 5.41) is 2.40. The van der Waals surface area contributed by atoms with Crippen LogP contribution in [0.3, 0.4) is 0 Å². The number of nitrogens with zero attached hydrogens (tertiary/aromatic N) is 2. The average molecular weight is 316 g/mol. The zero-order chi connectivity index (χ0) is 16.2. The van der Waals surface area contributed by atoms with Crippen LogP contribution >= 0.6 is 0 Å². The summed E-state index contributed by atoms with van der Waals surface area (Å²) in [5.41, 5.74) is 3.45. The molecule has 120 valence electrons. The molecule has 0 bridgehead atoms. The smallest absolute Gasteiger partial charge is 0.0708 e. The molecule has 0 saturated carbocycles. The highest BCUT2D eigenvalue weighted by Gasteiger charge is 2.10. The number of rotatable bonds is 3. The predicted molar refractivity (Wildman–Crippen MR) is 100 cm³/mol. The van der Waals surface area contributed by atoms with E-state index in [1.807, 2.05) is 12.3 Å². The quantitative estimate of drug-likeness (QED) is 0.722. The van der Waals surface area contributed by atoms with Crippen molar-refractivity contribution in [3.8, 4) is 0 Å². The van der Waals surface area contributed by atoms with E-state index in [1.165, 1.54) is 22.0 Å². The molecule has 2 heterocycles. The zero-order valence-electron chi connectivity index (χ0n) is 13.6. The van der Waals surface area contributed by atoms with Gasteiger partial charge in [-0.2, -0.15) is 0 Å². The van der Waals surface area contributed by atoms with E-state index >= 15 is 0 Å². The molecule has 0 N–H and O–H groups in total. The van der Waals surface area contributed by atoms with Crippen molar-refractivity contribution in [1.29, 1.82) is 0 Å². The molecule has 1 aromatic heterocycles. The third-order valence-corrected chi connectivity index (χ3v) is 4.41. The summed E-state index contributed by atoms with van der Waals surface area (Å²) in [6.07, 6.45) is 6.08. The molecule has 1 saturated heterocycles. The number of hydrogen-bond acceptors (Lipinski definition) is 3. The molecule has 3 aromatic rings. The molecule has 3 heteroatoms. The number of fused-ring (bicyclic) bond motifs is 1. The van der Waals surface area contributed by atoms with Crippen molar-refractivity contribution >= 4 is 28.6 Å². The Labute approximate surface area is 142 Å². The fourth-order valence-corrected chi connectivity index (χ4v) is 3.07. The van der Waals surface area contributed by atoms with Crippen LogP contribution in [0.25, 0.3) is 22.9 Å². The van der Waals surface area contributed by atoms with Gasteiger partial charge in [-0.05, 0) is 35.2 Å². The summed E-state index contributed by atoms with van der Waals surface area (Å²) in [5.74, 6) is 0. The van der Waals surface area contributed by atoms with Crippen LogP contribution in [0.4, 0.5) is 5.69 Å². The number of aromatic nitrogens is 1. The van der Waals surface area contributed by atoms with Gasteiger partial charge in [0.1, 0.15) is 0 Å². The Balaban J connectivity index is 1.55. The van der Waals surface area contributed by atoms with Crippen molar-refractivity contribution in [3.63, 3.8) is 0 Å². The summed E-state index contributed by atoms with van der Waals surface area (Å²) >= 11 is 0. The van der Waals surface area contributed by atoms with E-state index in [2.05, 4.69) is 70.6 Å². The molecule has 3 nitrogen and oxygen atoms in total. The highest BCUT2D eigenvalue weighted by molar-refractivity contribution is 5.91. The van der Waals surface area contributed by atoms with Crippen molar-refractivity contribution in [2.24, 2.45) is 0 Å². The second-order valence-corrected chi connectivity index (χ2v) is 5.94. The first-order chi connectivity index (χ1) is 11.9. The minimum atomic E-state index is 0.814. The number of benzene rings is 2. The van der Waals surface area contributed by atoms with Gasteiger partial charge >= 0.3 is 0 Å². The highest BCUT2D eigenvalue weighted by atomic mass is 16.5. The molecule has 2 aromatic carbocycles. The maximum absolute atomic E-state index is 5.41. The van der Waals surface area contributed by atoms with E-state index < -0.39 is 0 Å². The summed E-state index contributed by atoms with van der Waals surface area (Å²) < 4.78 is 5.41. The van der Waals surface area contributed by atoms with Crippen molar-refractivity contribution in [1.82, 2.24) is 4.98 Å². The molecule has 0 radical (unpaired) electrons. The van der Waals surface area contributed by atoms with E-state index in [4.69, 9.17) is 4.74 Å². The number of hydrogen-bond donors (Lipinski definition) is 0. The molecule has 1 aliphatic rings. The van der Waals surface area contributed by atoms with Gasteiger partial charge in [0.05, 0.1) is 18.9 Å². The van der Waals surface area contributed by atoms with Gasteiger partial charge < -0.3 is 9.64 Å². The van der Waals surface area contributed by atoms with Crippen LogP contribution in [-0.2, 0) is 4.74 Å². The molecule has 24 heavy (non-hydrogen) atoms. The fourth-order valence-electron chi connectivity index (χ4n) is 3.07. The van der Waals surface area contributed by atoms with E-state index in [9.17, 15) is 0 Å². The lowest BCUT2D eigenvalue weighted by atomic mass is 10.1. The van der Waals surface area contributed by atoms with Crippen LogP contribution in [-0.4, -0.2) is 31.3 Å². The summed E-state index contributed by atoms with van der Waals surface area (Å²) in [6, 6.07) is 19.1. The first kappa shape index (κ1) is 14.9. The normalized spacial score (nSPS) is 15.2. The van der Waals surface area contributed by atoms with Gasteiger partial charge in [0.15, 0.2) is 0 Å². The summed E-state index contributed by atoms with van der Waals surface area (Å²) in [4.78, 5) is 6.87. The number of pyridine rings is 1. The predicted octanol–water partition coefficient (Wildman–Crippen LogP) is 4.24. The summed E-state index contributed by atoms with van der Waals surface area (Å²) in [6.45, 7) is 3.56. The Kier molecular flexibility index (Phi) is 4.26. The molecule has 1 fully saturated rings. The molecular formula is C21H20N2O. The molecule has 0 unspecified atom stereocenters. The Hall–Kier alpha value is -2.65. The Bertz CT molecular complexity index is 844. The molecule has 1 aliphatic heterocycles. The summed E-state index contributed by atoms with van der Waals surface area (Å²) in [7, 11) is 0. The van der Waals surface area contributed by atoms with Gasteiger partial charge in [-0.3, -0.25) is 4.98 Å². The van der Waals surface area contributed by atoms with Gasteiger partial charge in [0, 0.05) is 30.4 Å². The number of anilines is 1. The van der Waals surface area contributed by atoms with Crippen LogP contribution in [0.1, 0.15) is 11.3 Å². The highest BCUT2D eigenvalue weighted by Crippen LogP contribution is 2.20. The van der Waals surface area contributed by atoms with Crippen molar-refractivity contribution < 1.29 is 4.74 Å². The second kappa shape index (κ2) is 6.85. The first-order valence-corrected chi connectivity index (χ1v) is 8.35. The van der Waals surface area contributed by atoms with Crippen molar-refractivity contribution in [3.05, 3.63) is 72.1 Å². The number of morpholine rings is 1. The van der Waals surface area contributed by atoms with Crippen LogP contribution < -0.4 is 4.90 Å². The minimum Gasteiger partial charge on any atom is -0.378 e. The Morgan fingerprint density at radius 2 is 1.67 bits per heavy atom. The van der Waals surface area contributed by atoms with Crippen molar-refractivity contribution in [2.45, 2.75) is 0 Å². The molecule has 4 rings (SSSR count). The monoisotopic (exact) mass is 316 g/mol. The van der Waals surface area contributed by atoms with E-state index in [1.54, 1.807) is 0 Å². The van der Waals surface area contributed by atoms with Crippen LogP contribution in [0.15, 0.2) is 60.8 Å². The molecule has 0 amide bonds. The second-order valence-electron chi connectivity index (χ2n) is 5.94. The number of ether oxygens (including phenoxy) is 1. The topological polar surface area (TPSA) is 25.4 Å². The maximum atomic E-state index is 5.41. The van der Waals surface area contributed by atoms with E-state index in [-0.39, 0.29) is 0 Å². The van der Waals surface area contributed by atoms with Gasteiger partial charge in [0.25, 0.3) is 0 Å². The SMILES string of the molecule is C(=C\c1nccc2ccccc12)/c1ccc(N2CCOCC2)cc1. The lowest BCUT2D eigenvalue weighted by molar-refractivity contribution is 0.122. The van der Waals surface area contributed by atoms with Crippen molar-refractivity contribution in [2.75, 3.05) is 31.2 Å². The standard InChI is InChI=1S/C21H20N2O/c1-2-4-20-18(3-1)11-12-22-21(20)10-7-17-5-8-19(9-6-17)23-13-15-24-16-14-23/h1-12H,13-16H2/b10-7+. The zero-order valence-corrected chi connectivity index (χ0v) is 13.6. The van der Waals surface area contributed by atoms with Gasteiger partial charge in [-0.25, -0.2) is 0 Å². The lowest BCUT2D eigenvalue weighted by Gasteiger charge is -2.28. The largest absolute Gasteiger partial charge is 0.378 e. The molecular weight excluding hydrogens is 296 g/mol. The van der Waals surface area contributed by atoms with Gasteiger partial charge in [-0.1, -0.05) is 42.5 Å². The van der Waals surface area contributed by atoms with Gasteiger partial charge in [-0.15, -0.1) is 0 Å². The van der Waals surface area contributed by atoms with E-state index in [0.29, 0.717) is 0 Å². The van der Waals surface area contributed by atoms with E-state index in [0.717, 1.165) is 32.0 Å². The average Bonchev–Trinajstić information content (AvgIpc) is 2.67. The lowest BCUT2D eigenvalue weighted by Crippen LogP contribution is -2.36. The molecule has 0 atom stereocenters. The Morgan fingerprint density at radius 1 is 0.875 bits per heavy atom. The Morgan fingerprint density at radius 3 is 2.50 bits per heavy atom. The van der Waals surface area contributed by atoms with Gasteiger partial charge in [0.2, 0.25) is 0 Å². The van der Waals surface area contributed by atoms with Crippen LogP contribution in [0, 0.1) is 0 Å². The molecule has 0 spiro atoms. The third kappa shape index (κ3) is 3.17. The van der Waals surface area contributed by atoms with Crippen LogP contribution in [0.2, 0.25) is 0 Å². The minimum absolute atomic E-state index is 0.814. The molecule has 0 aliphatic carbocycles. The third-order valence-electron chi connectivity index (χ3n) is 4.41. The van der Waals surface area contributed by atoms with Crippen LogP contribution in [0.5, 0.6) is 0 Å². The first-order valence-electron chi connectivity index (χ1n) is 8.35. The fraction of sp³-hybridized carbons (Fsp3) is 0.190.